The lowest BCUT2D eigenvalue weighted by Gasteiger charge is -2.31. The molecular formula is C18H19F3INO5S2. The van der Waals surface area contributed by atoms with Crippen LogP contribution in [0.1, 0.15) is 19.4 Å². The van der Waals surface area contributed by atoms with Crippen molar-refractivity contribution in [3.8, 4) is 0 Å². The summed E-state index contributed by atoms with van der Waals surface area (Å²) in [5, 5.41) is 9.58. The van der Waals surface area contributed by atoms with Crippen LogP contribution in [0.5, 0.6) is 0 Å². The lowest BCUT2D eigenvalue weighted by atomic mass is 10.1. The van der Waals surface area contributed by atoms with Crippen molar-refractivity contribution < 1.29 is 35.1 Å². The Morgan fingerprint density at radius 1 is 1.00 bits per heavy atom. The van der Waals surface area contributed by atoms with E-state index < -0.39 is 57.5 Å². The van der Waals surface area contributed by atoms with E-state index >= 15 is 0 Å². The Bertz CT molecular complexity index is 1120. The van der Waals surface area contributed by atoms with Gasteiger partial charge in [-0.05, 0) is 36.2 Å². The summed E-state index contributed by atoms with van der Waals surface area (Å²) in [7, 11) is -9.12. The Labute approximate surface area is 186 Å². The molecule has 0 saturated carbocycles. The third-order valence-corrected chi connectivity index (χ3v) is 9.90. The Hall–Kier alpha value is -1.22. The van der Waals surface area contributed by atoms with Crippen molar-refractivity contribution >= 4 is 42.5 Å². The van der Waals surface area contributed by atoms with Gasteiger partial charge in [0.2, 0.25) is 19.9 Å². The number of sulfone groups is 1. The largest absolute Gasteiger partial charge is 0.417 e. The average molecular weight is 577 g/mol. The summed E-state index contributed by atoms with van der Waals surface area (Å²) >= 11 is 1.61. The van der Waals surface area contributed by atoms with Gasteiger partial charge in [-0.2, -0.15) is 17.9 Å². The molecular weight excluding hydrogens is 558 g/mol. The highest BCUT2D eigenvalue weighted by atomic mass is 127. The van der Waals surface area contributed by atoms with Crippen LogP contribution in [0.2, 0.25) is 0 Å². The van der Waals surface area contributed by atoms with Crippen molar-refractivity contribution in [3.05, 3.63) is 54.1 Å². The van der Waals surface area contributed by atoms with Crippen LogP contribution in [0.3, 0.4) is 0 Å². The van der Waals surface area contributed by atoms with Crippen LogP contribution in [0.15, 0.2) is 63.2 Å². The zero-order chi connectivity index (χ0) is 23.0. The van der Waals surface area contributed by atoms with Crippen molar-refractivity contribution in [3.63, 3.8) is 0 Å². The third kappa shape index (κ3) is 5.15. The summed E-state index contributed by atoms with van der Waals surface area (Å²) in [5.74, 6) is -0.483. The van der Waals surface area contributed by atoms with E-state index in [1.165, 1.54) is 24.3 Å². The normalized spacial score (nSPS) is 15.2. The molecule has 0 aliphatic heterocycles. The van der Waals surface area contributed by atoms with Crippen molar-refractivity contribution in [2.24, 2.45) is 5.92 Å². The van der Waals surface area contributed by atoms with Crippen molar-refractivity contribution in [2.75, 3.05) is 6.61 Å². The molecule has 0 heterocycles. The smallest absolute Gasteiger partial charge is 0.394 e. The van der Waals surface area contributed by atoms with Gasteiger partial charge in [0.05, 0.1) is 26.9 Å². The minimum Gasteiger partial charge on any atom is -0.394 e. The molecule has 2 N–H and O–H groups in total. The number of rotatable bonds is 7. The summed E-state index contributed by atoms with van der Waals surface area (Å²) in [6, 6.07) is 8.56. The van der Waals surface area contributed by atoms with Gasteiger partial charge in [-0.1, -0.05) is 54.6 Å². The molecule has 166 valence electrons. The van der Waals surface area contributed by atoms with Crippen LogP contribution in [-0.4, -0.2) is 32.1 Å². The number of hydrogen-bond donors (Lipinski definition) is 2. The van der Waals surface area contributed by atoms with Gasteiger partial charge < -0.3 is 5.11 Å². The zero-order valence-electron chi connectivity index (χ0n) is 15.8. The quantitative estimate of drug-likeness (QED) is 0.298. The number of sulfonamides is 1. The maximum Gasteiger partial charge on any atom is 0.417 e. The fourth-order valence-corrected chi connectivity index (χ4v) is 6.34. The molecule has 2 aromatic rings. The summed E-state index contributed by atoms with van der Waals surface area (Å²) in [6.07, 6.45) is -5.05. The van der Waals surface area contributed by atoms with E-state index in [-0.39, 0.29) is 4.90 Å². The molecule has 0 fully saturated rings. The van der Waals surface area contributed by atoms with Gasteiger partial charge >= 0.3 is 6.18 Å². The number of aliphatic hydroxyl groups is 1. The molecule has 0 amide bonds. The van der Waals surface area contributed by atoms with E-state index in [9.17, 15) is 35.1 Å². The second kappa shape index (κ2) is 8.73. The first kappa shape index (κ1) is 25.0. The van der Waals surface area contributed by atoms with Gasteiger partial charge in [0.1, 0.15) is 3.55 Å². The molecule has 2 rings (SSSR count). The molecule has 0 aromatic heterocycles. The minimum absolute atomic E-state index is 0.193. The van der Waals surface area contributed by atoms with E-state index in [2.05, 4.69) is 4.72 Å². The highest BCUT2D eigenvalue weighted by Crippen LogP contribution is 2.37. The number of halogens is 4. The van der Waals surface area contributed by atoms with Gasteiger partial charge in [-0.25, -0.2) is 16.8 Å². The number of aliphatic hydroxyl groups excluding tert-OH is 1. The summed E-state index contributed by atoms with van der Waals surface area (Å²) < 4.78 is 92.4. The fraction of sp³-hybridized carbons (Fsp3) is 0.333. The molecule has 0 radical (unpaired) electrons. The molecule has 1 atom stereocenters. The predicted molar refractivity (Wildman–Crippen MR) is 112 cm³/mol. The first-order valence-electron chi connectivity index (χ1n) is 8.50. The monoisotopic (exact) mass is 577 g/mol. The Balaban J connectivity index is 2.72. The molecule has 0 aliphatic rings. The Kier molecular flexibility index (Phi) is 7.29. The number of alkyl halides is 4. The molecule has 2 aromatic carbocycles. The van der Waals surface area contributed by atoms with Gasteiger partial charge in [-0.15, -0.1) is 0 Å². The summed E-state index contributed by atoms with van der Waals surface area (Å²) in [4.78, 5) is -2.03. The van der Waals surface area contributed by atoms with Crippen molar-refractivity contribution in [2.45, 2.75) is 38.3 Å². The van der Waals surface area contributed by atoms with Crippen LogP contribution >= 0.6 is 22.6 Å². The first-order chi connectivity index (χ1) is 13.6. The number of hydrogen-bond acceptors (Lipinski definition) is 5. The van der Waals surface area contributed by atoms with Gasteiger partial charge in [0.25, 0.3) is 0 Å². The summed E-state index contributed by atoms with van der Waals surface area (Å²) in [5.41, 5.74) is -1.51. The van der Waals surface area contributed by atoms with Gasteiger partial charge in [-0.3, -0.25) is 0 Å². The second-order valence-corrected chi connectivity index (χ2v) is 12.3. The van der Waals surface area contributed by atoms with E-state index in [1.54, 1.807) is 42.5 Å². The number of nitrogens with one attached hydrogen (secondary N) is 1. The first-order valence-corrected chi connectivity index (χ1v) is 12.5. The molecule has 0 bridgehead atoms. The van der Waals surface area contributed by atoms with E-state index in [0.29, 0.717) is 12.1 Å². The van der Waals surface area contributed by atoms with Gasteiger partial charge in [0, 0.05) is 0 Å². The Morgan fingerprint density at radius 3 is 2.03 bits per heavy atom. The molecule has 30 heavy (non-hydrogen) atoms. The van der Waals surface area contributed by atoms with Crippen LogP contribution in [0, 0.1) is 5.92 Å². The van der Waals surface area contributed by atoms with Crippen molar-refractivity contribution in [1.29, 1.82) is 0 Å². The van der Waals surface area contributed by atoms with E-state index in [4.69, 9.17) is 0 Å². The maximum atomic E-state index is 13.5. The highest BCUT2D eigenvalue weighted by Gasteiger charge is 2.41. The maximum absolute atomic E-state index is 13.5. The van der Waals surface area contributed by atoms with Crippen LogP contribution < -0.4 is 4.72 Å². The standard InChI is InChI=1S/C18H19F3INO5S2/c1-12(2)17(22,11-24)23-30(27,28)16-10-14(8-9-15(16)18(19,20)21)29(25,26)13-6-4-3-5-7-13/h3-10,12,23-24H,11H2,1-2H3. The zero-order valence-corrected chi connectivity index (χ0v) is 19.6. The molecule has 0 spiro atoms. The topological polar surface area (TPSA) is 101 Å². The lowest BCUT2D eigenvalue weighted by molar-refractivity contribution is -0.139. The SMILES string of the molecule is CC(C)C(I)(CO)NS(=O)(=O)c1cc(S(=O)(=O)c2ccccc2)ccc1C(F)(F)F. The molecule has 6 nitrogen and oxygen atoms in total. The minimum atomic E-state index is -5.05. The van der Waals surface area contributed by atoms with Crippen molar-refractivity contribution in [1.82, 2.24) is 4.72 Å². The van der Waals surface area contributed by atoms with Crippen LogP contribution in [0.25, 0.3) is 0 Å². The molecule has 12 heteroatoms. The molecule has 0 aliphatic carbocycles. The summed E-state index contributed by atoms with van der Waals surface area (Å²) in [6.45, 7) is 2.46. The average Bonchev–Trinajstić information content (AvgIpc) is 2.67. The molecule has 1 unspecified atom stereocenters. The number of benzene rings is 2. The van der Waals surface area contributed by atoms with Crippen LogP contribution in [0.4, 0.5) is 13.2 Å². The third-order valence-electron chi connectivity index (χ3n) is 4.36. The van der Waals surface area contributed by atoms with E-state index in [0.717, 1.165) is 6.07 Å². The predicted octanol–water partition coefficient (Wildman–Crippen LogP) is 3.60. The highest BCUT2D eigenvalue weighted by molar-refractivity contribution is 14.1. The second-order valence-electron chi connectivity index (χ2n) is 6.75. The Morgan fingerprint density at radius 2 is 1.57 bits per heavy atom. The van der Waals surface area contributed by atoms with Gasteiger partial charge in [0.15, 0.2) is 0 Å². The fourth-order valence-electron chi connectivity index (χ4n) is 2.47. The molecule has 0 saturated heterocycles. The lowest BCUT2D eigenvalue weighted by Crippen LogP contribution is -2.50. The van der Waals surface area contributed by atoms with E-state index in [1.807, 2.05) is 0 Å². The van der Waals surface area contributed by atoms with Crippen LogP contribution in [-0.2, 0) is 26.0 Å².